The molecular formula is C32H27N3O. The summed E-state index contributed by atoms with van der Waals surface area (Å²) in [5.41, 5.74) is 6.88. The van der Waals surface area contributed by atoms with Crippen LogP contribution in [0, 0.1) is 0 Å². The van der Waals surface area contributed by atoms with Crippen LogP contribution in [0.1, 0.15) is 27.9 Å². The van der Waals surface area contributed by atoms with Gasteiger partial charge in [0.1, 0.15) is 0 Å². The predicted molar refractivity (Wildman–Crippen MR) is 144 cm³/mol. The SMILES string of the molecule is O=C1N(Cc2ccccc2)c2ccccc2[C@]12c1[nH]c3ccccc3c1CCN2Cc1ccccc1. The Morgan fingerprint density at radius 1 is 0.722 bits per heavy atom. The number of amides is 1. The van der Waals surface area contributed by atoms with E-state index < -0.39 is 5.54 Å². The number of nitrogens with one attached hydrogen (secondary N) is 1. The number of carbonyl (C=O) groups excluding carboxylic acids is 1. The van der Waals surface area contributed by atoms with Gasteiger partial charge in [0.2, 0.25) is 0 Å². The summed E-state index contributed by atoms with van der Waals surface area (Å²) in [6.45, 7) is 2.06. The Hall–Kier alpha value is -4.15. The van der Waals surface area contributed by atoms with Crippen LogP contribution in [0.5, 0.6) is 0 Å². The van der Waals surface area contributed by atoms with E-state index >= 15 is 0 Å². The van der Waals surface area contributed by atoms with E-state index in [2.05, 4.69) is 88.7 Å². The third kappa shape index (κ3) is 3.01. The van der Waals surface area contributed by atoms with Crippen molar-refractivity contribution in [3.63, 3.8) is 0 Å². The molecule has 1 atom stereocenters. The minimum atomic E-state index is -0.895. The topological polar surface area (TPSA) is 39.3 Å². The lowest BCUT2D eigenvalue weighted by Gasteiger charge is -2.43. The molecule has 5 aromatic rings. The molecule has 3 heterocycles. The van der Waals surface area contributed by atoms with E-state index in [0.717, 1.165) is 41.0 Å². The summed E-state index contributed by atoms with van der Waals surface area (Å²) in [7, 11) is 0. The fourth-order valence-corrected chi connectivity index (χ4v) is 6.25. The summed E-state index contributed by atoms with van der Waals surface area (Å²) in [6.07, 6.45) is 0.905. The van der Waals surface area contributed by atoms with Gasteiger partial charge in [-0.15, -0.1) is 0 Å². The molecule has 4 heteroatoms. The number of rotatable bonds is 4. The molecule has 176 valence electrons. The van der Waals surface area contributed by atoms with Crippen molar-refractivity contribution in [1.29, 1.82) is 0 Å². The van der Waals surface area contributed by atoms with Gasteiger partial charge in [-0.25, -0.2) is 0 Å². The lowest BCUT2D eigenvalue weighted by atomic mass is 9.79. The number of aromatic nitrogens is 1. The van der Waals surface area contributed by atoms with Gasteiger partial charge in [-0.3, -0.25) is 9.69 Å². The molecule has 2 aliphatic heterocycles. The van der Waals surface area contributed by atoms with Gasteiger partial charge in [-0.2, -0.15) is 0 Å². The Kier molecular flexibility index (Phi) is 4.83. The molecule has 0 radical (unpaired) electrons. The van der Waals surface area contributed by atoms with Crippen LogP contribution >= 0.6 is 0 Å². The lowest BCUT2D eigenvalue weighted by Crippen LogP contribution is -2.56. The number of hydrogen-bond acceptors (Lipinski definition) is 2. The van der Waals surface area contributed by atoms with Crippen LogP contribution in [0.3, 0.4) is 0 Å². The Balaban J connectivity index is 1.46. The highest BCUT2D eigenvalue weighted by molar-refractivity contribution is 6.11. The molecule has 0 bridgehead atoms. The van der Waals surface area contributed by atoms with Crippen molar-refractivity contribution in [1.82, 2.24) is 9.88 Å². The van der Waals surface area contributed by atoms with Crippen LogP contribution < -0.4 is 4.90 Å². The van der Waals surface area contributed by atoms with Crippen LogP contribution in [0.4, 0.5) is 5.69 Å². The van der Waals surface area contributed by atoms with E-state index in [1.165, 1.54) is 16.5 Å². The largest absolute Gasteiger partial charge is 0.356 e. The van der Waals surface area contributed by atoms with Crippen molar-refractivity contribution in [2.24, 2.45) is 0 Å². The van der Waals surface area contributed by atoms with Crippen LogP contribution in [0.25, 0.3) is 10.9 Å². The summed E-state index contributed by atoms with van der Waals surface area (Å²) in [6, 6.07) is 37.6. The van der Waals surface area contributed by atoms with E-state index in [1.54, 1.807) is 0 Å². The van der Waals surface area contributed by atoms with Crippen LogP contribution in [-0.4, -0.2) is 22.3 Å². The molecule has 36 heavy (non-hydrogen) atoms. The minimum Gasteiger partial charge on any atom is -0.356 e. The van der Waals surface area contributed by atoms with E-state index in [-0.39, 0.29) is 5.91 Å². The number of H-pyrrole nitrogens is 1. The standard InChI is InChI=1S/C32H27N3O/c36-31-32(27-16-8-10-18-29(27)35(31)22-24-13-5-2-6-14-24)30-26(25-15-7-9-17-28(25)33-30)19-20-34(32)21-23-11-3-1-4-12-23/h1-18,33H,19-22H2/t32-/m0/s1. The third-order valence-corrected chi connectivity index (χ3v) is 7.82. The van der Waals surface area contributed by atoms with Crippen molar-refractivity contribution in [3.8, 4) is 0 Å². The quantitative estimate of drug-likeness (QED) is 0.350. The van der Waals surface area contributed by atoms with Crippen molar-refractivity contribution in [2.75, 3.05) is 11.4 Å². The molecule has 1 aromatic heterocycles. The zero-order valence-electron chi connectivity index (χ0n) is 20.0. The molecule has 0 saturated carbocycles. The van der Waals surface area contributed by atoms with Crippen molar-refractivity contribution in [3.05, 3.63) is 137 Å². The molecule has 4 aromatic carbocycles. The van der Waals surface area contributed by atoms with E-state index in [1.807, 2.05) is 35.2 Å². The highest BCUT2D eigenvalue weighted by Crippen LogP contribution is 2.52. The molecular weight excluding hydrogens is 442 g/mol. The zero-order chi connectivity index (χ0) is 24.1. The molecule has 0 aliphatic carbocycles. The van der Waals surface area contributed by atoms with Crippen molar-refractivity contribution in [2.45, 2.75) is 25.0 Å². The summed E-state index contributed by atoms with van der Waals surface area (Å²) >= 11 is 0. The molecule has 0 fully saturated rings. The summed E-state index contributed by atoms with van der Waals surface area (Å²) in [5.74, 6) is 0.121. The average Bonchev–Trinajstić information content (AvgIpc) is 3.42. The predicted octanol–water partition coefficient (Wildman–Crippen LogP) is 6.02. The van der Waals surface area contributed by atoms with Crippen LogP contribution in [0.15, 0.2) is 109 Å². The number of aromatic amines is 1. The highest BCUT2D eigenvalue weighted by atomic mass is 16.2. The van der Waals surface area contributed by atoms with Crippen molar-refractivity contribution < 1.29 is 4.79 Å². The smallest absolute Gasteiger partial charge is 0.258 e. The van der Waals surface area contributed by atoms with Gasteiger partial charge in [0.05, 0.1) is 17.9 Å². The van der Waals surface area contributed by atoms with Gasteiger partial charge in [0, 0.05) is 29.6 Å². The number of carbonyl (C=O) groups is 1. The summed E-state index contributed by atoms with van der Waals surface area (Å²) < 4.78 is 0. The maximum atomic E-state index is 14.8. The Bertz CT molecular complexity index is 1570. The van der Waals surface area contributed by atoms with Crippen LogP contribution in [-0.2, 0) is 29.8 Å². The molecule has 4 nitrogen and oxygen atoms in total. The maximum absolute atomic E-state index is 14.8. The van der Waals surface area contributed by atoms with Crippen LogP contribution in [0.2, 0.25) is 0 Å². The number of hydrogen-bond donors (Lipinski definition) is 1. The molecule has 1 spiro atoms. The fraction of sp³-hybridized carbons (Fsp3) is 0.156. The molecule has 0 unspecified atom stereocenters. The van der Waals surface area contributed by atoms with Crippen molar-refractivity contribution >= 4 is 22.5 Å². The number of anilines is 1. The van der Waals surface area contributed by atoms with Gasteiger partial charge in [-0.05, 0) is 35.2 Å². The molecule has 7 rings (SSSR count). The zero-order valence-corrected chi connectivity index (χ0v) is 20.0. The van der Waals surface area contributed by atoms with Gasteiger partial charge in [-0.1, -0.05) is 97.1 Å². The second kappa shape index (κ2) is 8.21. The Morgan fingerprint density at radius 2 is 1.36 bits per heavy atom. The molecule has 0 saturated heterocycles. The molecule has 1 N–H and O–H groups in total. The second-order valence-corrected chi connectivity index (χ2v) is 9.79. The first-order chi connectivity index (χ1) is 17.8. The molecule has 2 aliphatic rings. The third-order valence-electron chi connectivity index (χ3n) is 7.82. The lowest BCUT2D eigenvalue weighted by molar-refractivity contribution is -0.129. The normalized spacial score (nSPS) is 19.1. The highest BCUT2D eigenvalue weighted by Gasteiger charge is 2.59. The van der Waals surface area contributed by atoms with Gasteiger partial charge >= 0.3 is 0 Å². The van der Waals surface area contributed by atoms with E-state index in [9.17, 15) is 4.79 Å². The van der Waals surface area contributed by atoms with Gasteiger partial charge in [0.25, 0.3) is 5.91 Å². The second-order valence-electron chi connectivity index (χ2n) is 9.79. The number of benzene rings is 4. The number of para-hydroxylation sites is 2. The summed E-state index contributed by atoms with van der Waals surface area (Å²) in [4.78, 5) is 23.0. The van der Waals surface area contributed by atoms with E-state index in [4.69, 9.17) is 0 Å². The fourth-order valence-electron chi connectivity index (χ4n) is 6.25. The first-order valence-corrected chi connectivity index (χ1v) is 12.6. The van der Waals surface area contributed by atoms with Gasteiger partial charge in [0.15, 0.2) is 5.54 Å². The van der Waals surface area contributed by atoms with Gasteiger partial charge < -0.3 is 9.88 Å². The first-order valence-electron chi connectivity index (χ1n) is 12.6. The first kappa shape index (κ1) is 21.2. The number of nitrogens with zero attached hydrogens (tertiary/aromatic N) is 2. The molecule has 1 amide bonds. The maximum Gasteiger partial charge on any atom is 0.258 e. The average molecular weight is 470 g/mol. The number of fused-ring (bicyclic) bond motifs is 6. The summed E-state index contributed by atoms with van der Waals surface area (Å²) in [5, 5.41) is 1.22. The Morgan fingerprint density at radius 3 is 2.14 bits per heavy atom. The Labute approximate surface area is 210 Å². The monoisotopic (exact) mass is 469 g/mol. The minimum absolute atomic E-state index is 0.121. The van der Waals surface area contributed by atoms with E-state index in [0.29, 0.717) is 13.1 Å².